The minimum atomic E-state index is -0.118. The number of carbonyl (C=O) groups is 1. The van der Waals surface area contributed by atoms with Gasteiger partial charge >= 0.3 is 0 Å². The Morgan fingerprint density at radius 2 is 2.00 bits per heavy atom. The summed E-state index contributed by atoms with van der Waals surface area (Å²) in [4.78, 5) is 15.7. The van der Waals surface area contributed by atoms with Gasteiger partial charge in [0.05, 0.1) is 0 Å². The van der Waals surface area contributed by atoms with Crippen molar-refractivity contribution in [3.05, 3.63) is 48.0 Å². The molecule has 1 heterocycles. The first kappa shape index (κ1) is 14.8. The number of benzene rings is 2. The predicted octanol–water partition coefficient (Wildman–Crippen LogP) is 2.99. The van der Waals surface area contributed by atoms with E-state index in [0.717, 1.165) is 16.7 Å². The SMILES string of the molecule is CC(=O)Nc1cccc(-c2n[nH]c(-c3ccc(C)c(N)c3)n2)c1. The average Bonchev–Trinajstić information content (AvgIpc) is 2.99. The highest BCUT2D eigenvalue weighted by atomic mass is 16.1. The minimum absolute atomic E-state index is 0.118. The van der Waals surface area contributed by atoms with Crippen molar-refractivity contribution in [2.24, 2.45) is 0 Å². The first-order valence-electron chi connectivity index (χ1n) is 7.20. The summed E-state index contributed by atoms with van der Waals surface area (Å²) in [5, 5.41) is 9.91. The van der Waals surface area contributed by atoms with Crippen LogP contribution in [0.3, 0.4) is 0 Å². The molecule has 2 aromatic carbocycles. The van der Waals surface area contributed by atoms with Crippen LogP contribution in [0.4, 0.5) is 11.4 Å². The van der Waals surface area contributed by atoms with Crippen molar-refractivity contribution < 1.29 is 4.79 Å². The molecule has 4 N–H and O–H groups in total. The van der Waals surface area contributed by atoms with Crippen LogP contribution in [0.25, 0.3) is 22.8 Å². The molecule has 0 spiro atoms. The molecule has 3 aromatic rings. The van der Waals surface area contributed by atoms with Crippen LogP contribution in [0.2, 0.25) is 0 Å². The van der Waals surface area contributed by atoms with E-state index in [4.69, 9.17) is 5.73 Å². The van der Waals surface area contributed by atoms with Gasteiger partial charge in [-0.15, -0.1) is 0 Å². The lowest BCUT2D eigenvalue weighted by Gasteiger charge is -2.03. The maximum Gasteiger partial charge on any atom is 0.221 e. The molecular formula is C17H17N5O. The monoisotopic (exact) mass is 307 g/mol. The van der Waals surface area contributed by atoms with Crippen LogP contribution in [0.15, 0.2) is 42.5 Å². The van der Waals surface area contributed by atoms with E-state index in [1.54, 1.807) is 0 Å². The number of anilines is 2. The summed E-state index contributed by atoms with van der Waals surface area (Å²) in [5.41, 5.74) is 10.1. The van der Waals surface area contributed by atoms with Crippen molar-refractivity contribution in [2.75, 3.05) is 11.1 Å². The number of nitrogens with one attached hydrogen (secondary N) is 2. The zero-order chi connectivity index (χ0) is 16.4. The van der Waals surface area contributed by atoms with E-state index in [1.807, 2.05) is 49.4 Å². The molecule has 3 rings (SSSR count). The Labute approximate surface area is 133 Å². The molecule has 0 aliphatic rings. The number of aryl methyl sites for hydroxylation is 1. The van der Waals surface area contributed by atoms with Crippen molar-refractivity contribution in [1.82, 2.24) is 15.2 Å². The number of hydrogen-bond acceptors (Lipinski definition) is 4. The number of nitrogens with zero attached hydrogens (tertiary/aromatic N) is 2. The first-order valence-corrected chi connectivity index (χ1v) is 7.20. The van der Waals surface area contributed by atoms with Crippen LogP contribution in [0.1, 0.15) is 12.5 Å². The van der Waals surface area contributed by atoms with Crippen molar-refractivity contribution in [2.45, 2.75) is 13.8 Å². The number of H-pyrrole nitrogens is 1. The topological polar surface area (TPSA) is 96.7 Å². The number of hydrogen-bond donors (Lipinski definition) is 3. The molecule has 1 amide bonds. The van der Waals surface area contributed by atoms with Gasteiger partial charge in [0.15, 0.2) is 11.6 Å². The second-order valence-electron chi connectivity index (χ2n) is 5.34. The number of carbonyl (C=O) groups excluding carboxylic acids is 1. The second-order valence-corrected chi connectivity index (χ2v) is 5.34. The average molecular weight is 307 g/mol. The summed E-state index contributed by atoms with van der Waals surface area (Å²) in [6, 6.07) is 13.2. The largest absolute Gasteiger partial charge is 0.398 e. The molecular weight excluding hydrogens is 290 g/mol. The Morgan fingerprint density at radius 1 is 1.17 bits per heavy atom. The van der Waals surface area contributed by atoms with Gasteiger partial charge in [0, 0.05) is 29.4 Å². The fourth-order valence-electron chi connectivity index (χ4n) is 2.25. The van der Waals surface area contributed by atoms with Crippen molar-refractivity contribution in [3.63, 3.8) is 0 Å². The third kappa shape index (κ3) is 3.21. The highest BCUT2D eigenvalue weighted by Gasteiger charge is 2.09. The molecule has 0 saturated heterocycles. The Bertz CT molecular complexity index is 869. The normalized spacial score (nSPS) is 10.5. The second kappa shape index (κ2) is 5.92. The number of aromatic nitrogens is 3. The van der Waals surface area contributed by atoms with Crippen LogP contribution in [0, 0.1) is 6.92 Å². The third-order valence-corrected chi connectivity index (χ3v) is 3.48. The molecule has 0 aliphatic carbocycles. The molecule has 0 saturated carbocycles. The lowest BCUT2D eigenvalue weighted by atomic mass is 10.1. The van der Waals surface area contributed by atoms with Crippen LogP contribution in [0.5, 0.6) is 0 Å². The molecule has 0 radical (unpaired) electrons. The molecule has 23 heavy (non-hydrogen) atoms. The lowest BCUT2D eigenvalue weighted by Crippen LogP contribution is -2.05. The number of amides is 1. The maximum absolute atomic E-state index is 11.1. The van der Waals surface area contributed by atoms with Gasteiger partial charge in [0.1, 0.15) is 0 Å². The van der Waals surface area contributed by atoms with Crippen molar-refractivity contribution in [3.8, 4) is 22.8 Å². The Balaban J connectivity index is 1.92. The van der Waals surface area contributed by atoms with Gasteiger partial charge in [-0.1, -0.05) is 24.3 Å². The summed E-state index contributed by atoms with van der Waals surface area (Å²) in [5.74, 6) is 1.09. The summed E-state index contributed by atoms with van der Waals surface area (Å²) >= 11 is 0. The zero-order valence-corrected chi connectivity index (χ0v) is 12.9. The number of nitrogens with two attached hydrogens (primary N) is 1. The quantitative estimate of drug-likeness (QED) is 0.648. The van der Waals surface area contributed by atoms with Crippen LogP contribution >= 0.6 is 0 Å². The van der Waals surface area contributed by atoms with Gasteiger partial charge in [-0.25, -0.2) is 4.98 Å². The van der Waals surface area contributed by atoms with E-state index >= 15 is 0 Å². The Hall–Kier alpha value is -3.15. The van der Waals surface area contributed by atoms with Gasteiger partial charge in [0.2, 0.25) is 5.91 Å². The maximum atomic E-state index is 11.1. The molecule has 0 unspecified atom stereocenters. The van der Waals surface area contributed by atoms with Crippen LogP contribution in [-0.4, -0.2) is 21.1 Å². The lowest BCUT2D eigenvalue weighted by molar-refractivity contribution is -0.114. The van der Waals surface area contributed by atoms with Crippen LogP contribution < -0.4 is 11.1 Å². The molecule has 0 atom stereocenters. The molecule has 0 bridgehead atoms. The Kier molecular flexibility index (Phi) is 3.80. The molecule has 116 valence electrons. The van der Waals surface area contributed by atoms with Gasteiger partial charge in [-0.2, -0.15) is 5.10 Å². The van der Waals surface area contributed by atoms with Gasteiger partial charge in [0.25, 0.3) is 0 Å². The summed E-state index contributed by atoms with van der Waals surface area (Å²) in [7, 11) is 0. The molecule has 6 nitrogen and oxygen atoms in total. The minimum Gasteiger partial charge on any atom is -0.398 e. The standard InChI is InChI=1S/C17H17N5O/c1-10-6-7-13(9-15(10)18)17-20-16(21-22-17)12-4-3-5-14(8-12)19-11(2)23/h3-9H,18H2,1-2H3,(H,19,23)(H,20,21,22). The van der Waals surface area contributed by atoms with E-state index in [1.165, 1.54) is 6.92 Å². The van der Waals surface area contributed by atoms with E-state index in [2.05, 4.69) is 20.5 Å². The van der Waals surface area contributed by atoms with E-state index in [0.29, 0.717) is 23.0 Å². The fraction of sp³-hybridized carbons (Fsp3) is 0.118. The van der Waals surface area contributed by atoms with E-state index in [-0.39, 0.29) is 5.91 Å². The molecule has 0 fully saturated rings. The molecule has 1 aromatic heterocycles. The third-order valence-electron chi connectivity index (χ3n) is 3.48. The summed E-state index contributed by atoms with van der Waals surface area (Å²) in [6.45, 7) is 3.43. The van der Waals surface area contributed by atoms with Crippen molar-refractivity contribution >= 4 is 17.3 Å². The van der Waals surface area contributed by atoms with Gasteiger partial charge in [-0.05, 0) is 30.7 Å². The van der Waals surface area contributed by atoms with Crippen molar-refractivity contribution in [1.29, 1.82) is 0 Å². The van der Waals surface area contributed by atoms with E-state index < -0.39 is 0 Å². The smallest absolute Gasteiger partial charge is 0.221 e. The predicted molar refractivity (Wildman–Crippen MR) is 90.7 cm³/mol. The zero-order valence-electron chi connectivity index (χ0n) is 12.9. The highest BCUT2D eigenvalue weighted by Crippen LogP contribution is 2.24. The molecule has 6 heteroatoms. The summed E-state index contributed by atoms with van der Waals surface area (Å²) in [6.07, 6.45) is 0. The summed E-state index contributed by atoms with van der Waals surface area (Å²) < 4.78 is 0. The Morgan fingerprint density at radius 3 is 2.74 bits per heavy atom. The van der Waals surface area contributed by atoms with Gasteiger partial charge in [-0.3, -0.25) is 9.89 Å². The van der Waals surface area contributed by atoms with Gasteiger partial charge < -0.3 is 11.1 Å². The van der Waals surface area contributed by atoms with E-state index in [9.17, 15) is 4.79 Å². The number of aromatic amines is 1. The first-order chi connectivity index (χ1) is 11.0. The fourth-order valence-corrected chi connectivity index (χ4v) is 2.25. The number of rotatable bonds is 3. The van der Waals surface area contributed by atoms with Crippen LogP contribution in [-0.2, 0) is 4.79 Å². The highest BCUT2D eigenvalue weighted by molar-refractivity contribution is 5.89. The number of nitrogen functional groups attached to an aromatic ring is 1. The molecule has 0 aliphatic heterocycles.